The number of nitrogens with zero attached hydrogens (tertiary/aromatic N) is 2. The molecule has 0 atom stereocenters. The van der Waals surface area contributed by atoms with E-state index in [-0.39, 0.29) is 22.1 Å². The average molecular weight is 438 g/mol. The van der Waals surface area contributed by atoms with E-state index in [1.54, 1.807) is 26.1 Å². The van der Waals surface area contributed by atoms with Crippen LogP contribution >= 0.6 is 11.6 Å². The Labute approximate surface area is 174 Å². The summed E-state index contributed by atoms with van der Waals surface area (Å²) in [6, 6.07) is 7.17. The molecule has 0 saturated heterocycles. The zero-order valence-electron chi connectivity index (χ0n) is 15.7. The molecule has 10 heteroatoms. The van der Waals surface area contributed by atoms with Crippen LogP contribution in [-0.2, 0) is 0 Å². The summed E-state index contributed by atoms with van der Waals surface area (Å²) in [5.41, 5.74) is 1.70. The highest BCUT2D eigenvalue weighted by molar-refractivity contribution is 6.33. The molecule has 0 fully saturated rings. The van der Waals surface area contributed by atoms with Gasteiger partial charge in [0.05, 0.1) is 28.7 Å². The molecule has 30 heavy (non-hydrogen) atoms. The fourth-order valence-electron chi connectivity index (χ4n) is 2.56. The minimum absolute atomic E-state index is 0.0890. The van der Waals surface area contributed by atoms with Crippen molar-refractivity contribution in [3.63, 3.8) is 0 Å². The summed E-state index contributed by atoms with van der Waals surface area (Å²) < 4.78 is 47.3. The molecule has 0 radical (unpaired) electrons. The van der Waals surface area contributed by atoms with E-state index in [0.717, 1.165) is 0 Å². The largest absolute Gasteiger partial charge is 0.586 e. The van der Waals surface area contributed by atoms with Gasteiger partial charge in [-0.25, -0.2) is 9.37 Å². The van der Waals surface area contributed by atoms with E-state index in [2.05, 4.69) is 24.8 Å². The van der Waals surface area contributed by atoms with E-state index >= 15 is 0 Å². The second-order valence-electron chi connectivity index (χ2n) is 6.07. The average Bonchev–Trinajstić information content (AvgIpc) is 3.01. The number of halogens is 4. The Morgan fingerprint density at radius 2 is 1.83 bits per heavy atom. The van der Waals surface area contributed by atoms with E-state index in [1.807, 2.05) is 0 Å². The molecule has 2 heterocycles. The first-order chi connectivity index (χ1) is 14.2. The van der Waals surface area contributed by atoms with Gasteiger partial charge in [0.25, 0.3) is 0 Å². The highest BCUT2D eigenvalue weighted by Gasteiger charge is 2.43. The van der Waals surface area contributed by atoms with Crippen molar-refractivity contribution >= 4 is 23.7 Å². The Bertz CT molecular complexity index is 1060. The van der Waals surface area contributed by atoms with Crippen LogP contribution in [0.4, 0.5) is 19.0 Å². The van der Waals surface area contributed by atoms with Gasteiger partial charge >= 0.3 is 6.29 Å². The summed E-state index contributed by atoms with van der Waals surface area (Å²) in [4.78, 5) is 18.4. The zero-order valence-corrected chi connectivity index (χ0v) is 16.5. The molecule has 0 spiro atoms. The number of fused-ring (bicyclic) bond motifs is 1. The molecular formula is C20H15ClF3N3O3. The number of carbonyl (C=O) groups excluding carboxylic acids is 1. The molecule has 1 aliphatic rings. The predicted octanol–water partition coefficient (Wildman–Crippen LogP) is 5.11. The number of nitrogens with one attached hydrogen (secondary N) is 1. The second-order valence-corrected chi connectivity index (χ2v) is 6.48. The van der Waals surface area contributed by atoms with Crippen molar-refractivity contribution in [3.05, 3.63) is 64.7 Å². The quantitative estimate of drug-likeness (QED) is 0.574. The normalized spacial score (nSPS) is 13.3. The van der Waals surface area contributed by atoms with Crippen LogP contribution in [0.2, 0.25) is 5.02 Å². The predicted molar refractivity (Wildman–Crippen MR) is 105 cm³/mol. The Hall–Kier alpha value is -3.33. The van der Waals surface area contributed by atoms with Crippen LogP contribution < -0.4 is 14.8 Å². The molecule has 0 saturated carbocycles. The first-order valence-electron chi connectivity index (χ1n) is 8.54. The number of anilines is 1. The maximum Gasteiger partial charge on any atom is 0.586 e. The molecule has 0 aliphatic carbocycles. The smallest absolute Gasteiger partial charge is 0.395 e. The number of hydrogen-bond acceptors (Lipinski definition) is 6. The number of aldehydes is 1. The van der Waals surface area contributed by atoms with E-state index < -0.39 is 12.1 Å². The fourth-order valence-corrected chi connectivity index (χ4v) is 2.81. The Balaban J connectivity index is 0.000000216. The van der Waals surface area contributed by atoms with Crippen LogP contribution in [0.1, 0.15) is 15.9 Å². The van der Waals surface area contributed by atoms with Crippen molar-refractivity contribution in [2.45, 2.75) is 13.2 Å². The van der Waals surface area contributed by atoms with Gasteiger partial charge in [-0.05, 0) is 24.6 Å². The summed E-state index contributed by atoms with van der Waals surface area (Å²) >= 11 is 6.05. The zero-order chi connectivity index (χ0) is 21.9. The van der Waals surface area contributed by atoms with Crippen LogP contribution in [0.25, 0.3) is 11.3 Å². The molecule has 0 unspecified atom stereocenters. The van der Waals surface area contributed by atoms with E-state index in [9.17, 15) is 18.0 Å². The Kier molecular flexibility index (Phi) is 6.12. The van der Waals surface area contributed by atoms with Crippen molar-refractivity contribution in [1.29, 1.82) is 0 Å². The van der Waals surface area contributed by atoms with Crippen molar-refractivity contribution in [2.75, 3.05) is 12.4 Å². The van der Waals surface area contributed by atoms with Gasteiger partial charge in [0.1, 0.15) is 11.6 Å². The molecule has 156 valence electrons. The number of benzene rings is 2. The first-order valence-corrected chi connectivity index (χ1v) is 8.91. The highest BCUT2D eigenvalue weighted by Crippen LogP contribution is 2.45. The van der Waals surface area contributed by atoms with Crippen LogP contribution in [0.15, 0.2) is 42.7 Å². The summed E-state index contributed by atoms with van der Waals surface area (Å²) in [6.45, 7) is 1.70. The van der Waals surface area contributed by atoms with Gasteiger partial charge in [-0.1, -0.05) is 23.7 Å². The number of ether oxygens (including phenoxy) is 2. The third-order valence-corrected chi connectivity index (χ3v) is 4.38. The molecule has 4 rings (SSSR count). The van der Waals surface area contributed by atoms with Crippen molar-refractivity contribution in [3.8, 4) is 22.8 Å². The Morgan fingerprint density at radius 3 is 2.37 bits per heavy atom. The number of aryl methyl sites for hydroxylation is 1. The van der Waals surface area contributed by atoms with Gasteiger partial charge in [0.15, 0.2) is 17.8 Å². The van der Waals surface area contributed by atoms with Crippen molar-refractivity contribution in [1.82, 2.24) is 9.97 Å². The molecule has 1 N–H and O–H groups in total. The number of hydrogen-bond donors (Lipinski definition) is 1. The van der Waals surface area contributed by atoms with Gasteiger partial charge in [0, 0.05) is 18.7 Å². The molecular weight excluding hydrogens is 423 g/mol. The lowest BCUT2D eigenvalue weighted by molar-refractivity contribution is -0.286. The summed E-state index contributed by atoms with van der Waals surface area (Å²) in [5, 5.41) is 3.04. The van der Waals surface area contributed by atoms with Gasteiger partial charge < -0.3 is 14.8 Å². The number of rotatable bonds is 3. The fraction of sp³-hybridized carbons (Fsp3) is 0.150. The van der Waals surface area contributed by atoms with E-state index in [4.69, 9.17) is 11.6 Å². The van der Waals surface area contributed by atoms with Crippen LogP contribution in [-0.4, -0.2) is 29.6 Å². The lowest BCUT2D eigenvalue weighted by Gasteiger charge is -2.05. The van der Waals surface area contributed by atoms with Crippen LogP contribution in [0.5, 0.6) is 11.5 Å². The Morgan fingerprint density at radius 1 is 1.13 bits per heavy atom. The first kappa shape index (κ1) is 21.4. The number of carbonyl (C=O) groups is 1. The molecule has 0 bridgehead atoms. The second kappa shape index (κ2) is 8.58. The van der Waals surface area contributed by atoms with Crippen molar-refractivity contribution in [2.24, 2.45) is 0 Å². The third kappa shape index (κ3) is 4.62. The van der Waals surface area contributed by atoms with Crippen molar-refractivity contribution < 1.29 is 27.4 Å². The summed E-state index contributed by atoms with van der Waals surface area (Å²) in [6.07, 6.45) is -0.158. The highest BCUT2D eigenvalue weighted by atomic mass is 35.5. The molecule has 6 nitrogen and oxygen atoms in total. The van der Waals surface area contributed by atoms with Gasteiger partial charge in [-0.3, -0.25) is 9.78 Å². The SMILES string of the molecule is CNc1cnc(-c2cc3c(cc2Cl)OC(F)(F)O3)cn1.Cc1cccc(F)c1C=O. The van der Waals surface area contributed by atoms with E-state index in [0.29, 0.717) is 28.9 Å². The van der Waals surface area contributed by atoms with Gasteiger partial charge in [-0.15, -0.1) is 8.78 Å². The summed E-state index contributed by atoms with van der Waals surface area (Å²) in [5.74, 6) is -0.0652. The monoisotopic (exact) mass is 437 g/mol. The minimum atomic E-state index is -3.67. The molecule has 1 aromatic heterocycles. The minimum Gasteiger partial charge on any atom is -0.395 e. The van der Waals surface area contributed by atoms with E-state index in [1.165, 1.54) is 30.6 Å². The van der Waals surface area contributed by atoms with Gasteiger partial charge in [0.2, 0.25) is 0 Å². The van der Waals surface area contributed by atoms with Crippen LogP contribution in [0.3, 0.4) is 0 Å². The van der Waals surface area contributed by atoms with Crippen LogP contribution in [0, 0.1) is 12.7 Å². The number of alkyl halides is 2. The molecule has 3 aromatic rings. The number of aromatic nitrogens is 2. The molecule has 2 aromatic carbocycles. The van der Waals surface area contributed by atoms with Gasteiger partial charge in [-0.2, -0.15) is 0 Å². The lowest BCUT2D eigenvalue weighted by atomic mass is 10.1. The maximum atomic E-state index is 13.0. The molecule has 0 amide bonds. The maximum absolute atomic E-state index is 13.0. The molecule has 1 aliphatic heterocycles. The topological polar surface area (TPSA) is 73.3 Å². The third-order valence-electron chi connectivity index (χ3n) is 4.06. The lowest BCUT2D eigenvalue weighted by Crippen LogP contribution is -2.25. The summed E-state index contributed by atoms with van der Waals surface area (Å²) in [7, 11) is 1.71. The standard InChI is InChI=1S/C12H8ClF2N3O2.C8H7FO/c1-16-11-5-17-8(4-18-11)6-2-9-10(3-7(6)13)20-12(14,15)19-9;1-6-3-2-4-8(9)7(6)5-10/h2-5H,1H3,(H,16,18);2-5H,1H3.